The van der Waals surface area contributed by atoms with Crippen LogP contribution in [-0.2, 0) is 23.6 Å². The first-order valence-corrected chi connectivity index (χ1v) is 14.4. The highest BCUT2D eigenvalue weighted by Crippen LogP contribution is 2.37. The van der Waals surface area contributed by atoms with Gasteiger partial charge in [-0.25, -0.2) is 9.97 Å². The molecule has 0 bridgehead atoms. The van der Waals surface area contributed by atoms with E-state index >= 15 is 0 Å². The van der Waals surface area contributed by atoms with Gasteiger partial charge in [0, 0.05) is 50.9 Å². The van der Waals surface area contributed by atoms with Crippen molar-refractivity contribution in [3.8, 4) is 0 Å². The molecule has 3 atom stereocenters. The number of rotatable bonds is 12. The van der Waals surface area contributed by atoms with Crippen LogP contribution in [0.4, 0.5) is 32.3 Å². The molecule has 1 aromatic carbocycles. The molecule has 0 aliphatic carbocycles. The highest BCUT2D eigenvalue weighted by molar-refractivity contribution is 6.42. The minimum absolute atomic E-state index is 0.0210. The third kappa shape index (κ3) is 8.98. The first kappa shape index (κ1) is 34.4. The zero-order chi connectivity index (χ0) is 31.9. The molecular formula is C29H37ClF6N6O. The molecule has 238 valence electrons. The van der Waals surface area contributed by atoms with Crippen molar-refractivity contribution >= 4 is 23.4 Å². The average molecular weight is 635 g/mol. The zero-order valence-electron chi connectivity index (χ0n) is 24.3. The van der Waals surface area contributed by atoms with Crippen LogP contribution in [0.1, 0.15) is 74.6 Å². The number of anilines is 1. The van der Waals surface area contributed by atoms with E-state index in [1.807, 2.05) is 20.8 Å². The smallest absolute Gasteiger partial charge is 0.403 e. The lowest BCUT2D eigenvalue weighted by Crippen LogP contribution is -2.40. The van der Waals surface area contributed by atoms with Crippen LogP contribution in [0.3, 0.4) is 0 Å². The molecule has 1 aromatic heterocycles. The van der Waals surface area contributed by atoms with Gasteiger partial charge in [-0.05, 0) is 60.9 Å². The van der Waals surface area contributed by atoms with Crippen molar-refractivity contribution < 1.29 is 31.1 Å². The van der Waals surface area contributed by atoms with E-state index < -0.39 is 29.5 Å². The summed E-state index contributed by atoms with van der Waals surface area (Å²) in [6.45, 7) is 7.03. The summed E-state index contributed by atoms with van der Waals surface area (Å²) in [4.78, 5) is 12.3. The van der Waals surface area contributed by atoms with Gasteiger partial charge in [0.15, 0.2) is 0 Å². The van der Waals surface area contributed by atoms with E-state index in [4.69, 9.17) is 27.5 Å². The number of likely N-dealkylation sites (tertiary alicyclic amines) is 1. The van der Waals surface area contributed by atoms with Gasteiger partial charge in [0.05, 0.1) is 22.2 Å². The fraction of sp³-hybridized carbons (Fsp3) is 0.552. The molecule has 14 heteroatoms. The predicted molar refractivity (Wildman–Crippen MR) is 154 cm³/mol. The number of aromatic nitrogens is 2. The maximum atomic E-state index is 13.6. The number of nitrogens with one attached hydrogen (secondary N) is 1. The lowest BCUT2D eigenvalue weighted by molar-refractivity contribution is -0.143. The molecule has 3 N–H and O–H groups in total. The average Bonchev–Trinajstić information content (AvgIpc) is 3.40. The van der Waals surface area contributed by atoms with E-state index in [2.05, 4.69) is 9.97 Å². The lowest BCUT2D eigenvalue weighted by atomic mass is 10.0. The third-order valence-corrected chi connectivity index (χ3v) is 7.80. The molecule has 1 aliphatic heterocycles. The van der Waals surface area contributed by atoms with E-state index in [1.165, 1.54) is 0 Å². The van der Waals surface area contributed by atoms with Gasteiger partial charge in [-0.1, -0.05) is 32.4 Å². The number of alkyl halides is 6. The Morgan fingerprint density at radius 2 is 1.72 bits per heavy atom. The van der Waals surface area contributed by atoms with E-state index in [9.17, 15) is 26.3 Å². The second-order valence-electron chi connectivity index (χ2n) is 10.6. The Morgan fingerprint density at radius 3 is 2.23 bits per heavy atom. The molecule has 1 fully saturated rings. The maximum absolute atomic E-state index is 13.6. The van der Waals surface area contributed by atoms with Crippen LogP contribution in [0.5, 0.6) is 0 Å². The fourth-order valence-electron chi connectivity index (χ4n) is 5.07. The van der Waals surface area contributed by atoms with E-state index in [0.717, 1.165) is 36.7 Å². The second-order valence-corrected chi connectivity index (χ2v) is 11.0. The highest BCUT2D eigenvalue weighted by atomic mass is 35.5. The van der Waals surface area contributed by atoms with Gasteiger partial charge < -0.3 is 20.3 Å². The largest absolute Gasteiger partial charge is 0.416 e. The number of halogens is 7. The molecule has 3 rings (SSSR count). The normalized spacial score (nSPS) is 18.7. The maximum Gasteiger partial charge on any atom is 0.416 e. The Morgan fingerprint density at radius 1 is 1.12 bits per heavy atom. The Kier molecular flexibility index (Phi) is 11.7. The summed E-state index contributed by atoms with van der Waals surface area (Å²) in [5.74, 6) is 0.194. The first-order chi connectivity index (χ1) is 20.2. The molecule has 7 nitrogen and oxygen atoms in total. The zero-order valence-corrected chi connectivity index (χ0v) is 25.0. The summed E-state index contributed by atoms with van der Waals surface area (Å²) >= 11 is 6.12. The summed E-state index contributed by atoms with van der Waals surface area (Å²) in [5.41, 5.74) is 3.35. The van der Waals surface area contributed by atoms with Crippen LogP contribution >= 0.6 is 11.6 Å². The molecule has 2 unspecified atom stereocenters. The van der Waals surface area contributed by atoms with Crippen molar-refractivity contribution in [1.82, 2.24) is 14.9 Å². The molecule has 1 saturated heterocycles. The summed E-state index contributed by atoms with van der Waals surface area (Å²) in [5, 5.41) is 8.49. The number of nitrogens with two attached hydrogens (primary N) is 1. The number of benzene rings is 1. The van der Waals surface area contributed by atoms with Crippen molar-refractivity contribution in [2.75, 3.05) is 24.7 Å². The van der Waals surface area contributed by atoms with Crippen LogP contribution in [0.15, 0.2) is 41.8 Å². The number of hydrogen-bond acceptors (Lipinski definition) is 6. The van der Waals surface area contributed by atoms with Crippen LogP contribution in [-0.4, -0.2) is 52.5 Å². The van der Waals surface area contributed by atoms with Gasteiger partial charge in [0.25, 0.3) is 0 Å². The van der Waals surface area contributed by atoms with Crippen LogP contribution < -0.4 is 10.6 Å². The molecule has 1 aliphatic rings. The van der Waals surface area contributed by atoms with E-state index in [1.54, 1.807) is 22.2 Å². The topological polar surface area (TPSA) is 91.4 Å². The quantitative estimate of drug-likeness (QED) is 0.110. The van der Waals surface area contributed by atoms with Gasteiger partial charge >= 0.3 is 12.4 Å². The summed E-state index contributed by atoms with van der Waals surface area (Å²) < 4.78 is 87.3. The van der Waals surface area contributed by atoms with Crippen molar-refractivity contribution in [3.63, 3.8) is 0 Å². The van der Waals surface area contributed by atoms with Crippen LogP contribution in [0.25, 0.3) is 0 Å². The molecular weight excluding hydrogens is 598 g/mol. The Bertz CT molecular complexity index is 1220. The number of hydrogen-bond donors (Lipinski definition) is 2. The Balaban J connectivity index is 2.00. The van der Waals surface area contributed by atoms with Gasteiger partial charge in [-0.2, -0.15) is 26.3 Å². The minimum atomic E-state index is -4.98. The molecule has 43 heavy (non-hydrogen) atoms. The molecule has 2 heterocycles. The highest BCUT2D eigenvalue weighted by Gasteiger charge is 2.40. The van der Waals surface area contributed by atoms with Gasteiger partial charge in [-0.3, -0.25) is 5.41 Å². The third-order valence-electron chi connectivity index (χ3n) is 7.49. The molecule has 0 saturated carbocycles. The Hall–Kier alpha value is -3.06. The molecule has 0 radical (unpaired) electrons. The van der Waals surface area contributed by atoms with Crippen LogP contribution in [0, 0.1) is 5.41 Å². The molecule has 0 spiro atoms. The Labute approximate surface area is 252 Å². The van der Waals surface area contributed by atoms with E-state index in [-0.39, 0.29) is 53.5 Å². The number of nitrogens with zero attached hydrogens (tertiary/aromatic N) is 4. The van der Waals surface area contributed by atoms with Gasteiger partial charge in [-0.15, -0.1) is 0 Å². The summed E-state index contributed by atoms with van der Waals surface area (Å²) in [7, 11) is 0. The van der Waals surface area contributed by atoms with Gasteiger partial charge in [0.1, 0.15) is 5.84 Å². The monoisotopic (exact) mass is 634 g/mol. The SMILES string of the molecule is CCCOCCC(C)c1cnc(N(Cc2cc(C(F)(F)F)cc(C(F)(F)F)c2)[C@H]2CC(CC)N(C(=N)C(Cl)=CN)C2)nc1. The number of amidine groups is 1. The van der Waals surface area contributed by atoms with E-state index in [0.29, 0.717) is 26.1 Å². The molecule has 2 aromatic rings. The second kappa shape index (κ2) is 14.6. The van der Waals surface area contributed by atoms with Crippen molar-refractivity contribution in [2.24, 2.45) is 5.73 Å². The lowest BCUT2D eigenvalue weighted by Gasteiger charge is -2.30. The summed E-state index contributed by atoms with van der Waals surface area (Å²) in [6.07, 6.45) is -2.94. The minimum Gasteiger partial charge on any atom is -0.403 e. The number of ether oxygens (including phenoxy) is 1. The van der Waals surface area contributed by atoms with Crippen molar-refractivity contribution in [2.45, 2.75) is 83.4 Å². The summed E-state index contributed by atoms with van der Waals surface area (Å²) in [6, 6.07) is 0.910. The van der Waals surface area contributed by atoms with Crippen molar-refractivity contribution in [1.29, 1.82) is 5.41 Å². The molecule has 0 amide bonds. The van der Waals surface area contributed by atoms with Crippen molar-refractivity contribution in [3.05, 3.63) is 64.1 Å². The van der Waals surface area contributed by atoms with Gasteiger partial charge in [0.2, 0.25) is 5.95 Å². The van der Waals surface area contributed by atoms with Crippen LogP contribution in [0.2, 0.25) is 0 Å². The first-order valence-electron chi connectivity index (χ1n) is 14.1. The standard InChI is InChI=1S/C29H37ClF6N6O/c1-4-7-43-8-6-18(3)20-14-39-27(40-15-20)42(24-12-23(5-2)41(17-24)26(38)25(30)13-37)16-19-9-21(28(31,32)33)11-22(10-19)29(34,35)36/h9-11,13-15,18,23-24,38H,4-8,12,16-17,37H2,1-3H3/t18?,23?,24-/m0/s1. The predicted octanol–water partition coefficient (Wildman–Crippen LogP) is 7.31. The fourth-order valence-corrected chi connectivity index (χ4v) is 5.18.